The van der Waals surface area contributed by atoms with E-state index in [-0.39, 0.29) is 30.0 Å². The Hall–Kier alpha value is -4.21. The highest BCUT2D eigenvalue weighted by molar-refractivity contribution is 7.85. The van der Waals surface area contributed by atoms with Gasteiger partial charge in [0.05, 0.1) is 44.6 Å². The number of hydrogen-bond donors (Lipinski definition) is 0. The van der Waals surface area contributed by atoms with Gasteiger partial charge >= 0.3 is 0 Å². The van der Waals surface area contributed by atoms with Crippen molar-refractivity contribution in [2.75, 3.05) is 31.1 Å². The van der Waals surface area contributed by atoms with Gasteiger partial charge in [-0.05, 0) is 60.2 Å². The number of amides is 3. The summed E-state index contributed by atoms with van der Waals surface area (Å²) < 4.78 is 18.9. The molecule has 0 radical (unpaired) electrons. The van der Waals surface area contributed by atoms with Crippen LogP contribution in [0.25, 0.3) is 0 Å². The summed E-state index contributed by atoms with van der Waals surface area (Å²) in [5, 5.41) is 0.539. The molecule has 1 atom stereocenters. The molecule has 0 saturated carbocycles. The maximum atomic E-state index is 13.8. The van der Waals surface area contributed by atoms with E-state index in [4.69, 9.17) is 16.0 Å². The molecule has 3 aromatic carbocycles. The quantitative estimate of drug-likeness (QED) is 0.348. The van der Waals surface area contributed by atoms with Gasteiger partial charge in [0.2, 0.25) is 0 Å². The molecule has 3 amide bonds. The molecule has 202 valence electrons. The summed E-state index contributed by atoms with van der Waals surface area (Å²) in [6, 6.07) is 22.3. The predicted octanol–water partition coefficient (Wildman–Crippen LogP) is 4.86. The smallest absolute Gasteiger partial charge is 0.289 e. The van der Waals surface area contributed by atoms with Gasteiger partial charge in [0.15, 0.2) is 5.76 Å². The molecule has 2 aliphatic rings. The number of rotatable bonds is 4. The van der Waals surface area contributed by atoms with Gasteiger partial charge in [-0.1, -0.05) is 35.9 Å². The molecule has 0 bridgehead atoms. The van der Waals surface area contributed by atoms with Crippen molar-refractivity contribution in [3.8, 4) is 0 Å². The van der Waals surface area contributed by atoms with Crippen LogP contribution in [-0.2, 0) is 17.3 Å². The maximum Gasteiger partial charge on any atom is 0.289 e. The Morgan fingerprint density at radius 1 is 0.825 bits per heavy atom. The fraction of sp³-hybridized carbons (Fsp3) is 0.167. The van der Waals surface area contributed by atoms with E-state index in [2.05, 4.69) is 0 Å². The first-order chi connectivity index (χ1) is 19.4. The number of furan rings is 1. The van der Waals surface area contributed by atoms with Crippen molar-refractivity contribution >= 4 is 45.8 Å². The predicted molar refractivity (Wildman–Crippen MR) is 150 cm³/mol. The third-order valence-electron chi connectivity index (χ3n) is 7.07. The zero-order valence-corrected chi connectivity index (χ0v) is 22.9. The second-order valence-corrected chi connectivity index (χ2v) is 11.4. The lowest BCUT2D eigenvalue weighted by Crippen LogP contribution is -2.50. The van der Waals surface area contributed by atoms with E-state index >= 15 is 0 Å². The summed E-state index contributed by atoms with van der Waals surface area (Å²) in [7, 11) is -1.63. The number of piperazine rings is 1. The molecule has 40 heavy (non-hydrogen) atoms. The van der Waals surface area contributed by atoms with E-state index in [0.717, 1.165) is 5.56 Å². The third-order valence-corrected chi connectivity index (χ3v) is 8.81. The van der Waals surface area contributed by atoms with Crippen LogP contribution in [0.2, 0.25) is 5.02 Å². The maximum absolute atomic E-state index is 13.8. The summed E-state index contributed by atoms with van der Waals surface area (Å²) in [5.74, 6) is -0.476. The van der Waals surface area contributed by atoms with Crippen LogP contribution in [0.5, 0.6) is 0 Å². The molecule has 1 fully saturated rings. The van der Waals surface area contributed by atoms with Crippen molar-refractivity contribution in [1.82, 2.24) is 9.80 Å². The van der Waals surface area contributed by atoms with Crippen LogP contribution < -0.4 is 4.90 Å². The third kappa shape index (κ3) is 4.82. The number of anilines is 1. The molecule has 10 heteroatoms. The summed E-state index contributed by atoms with van der Waals surface area (Å²) in [5.41, 5.74) is 1.93. The van der Waals surface area contributed by atoms with Crippen LogP contribution in [0.3, 0.4) is 0 Å². The van der Waals surface area contributed by atoms with E-state index in [0.29, 0.717) is 57.8 Å². The Morgan fingerprint density at radius 3 is 2.30 bits per heavy atom. The Morgan fingerprint density at radius 2 is 1.57 bits per heavy atom. The number of hydrogen-bond acceptors (Lipinski definition) is 5. The van der Waals surface area contributed by atoms with Crippen LogP contribution in [0.1, 0.15) is 36.8 Å². The molecule has 0 aliphatic carbocycles. The average molecular weight is 574 g/mol. The lowest BCUT2D eigenvalue weighted by molar-refractivity contribution is 0.0518. The minimum Gasteiger partial charge on any atom is -0.459 e. The summed E-state index contributed by atoms with van der Waals surface area (Å²) in [6.07, 6.45) is 1.46. The SMILES string of the molecule is O=C(c1ccc2c(c1)N(Cc1cccc(Cl)c1)C(=O)c1ccccc1[S@]2=O)N1CCN(C(=O)c2ccco2)CC1. The number of nitrogens with zero attached hydrogens (tertiary/aromatic N) is 3. The van der Waals surface area contributed by atoms with Gasteiger partial charge in [-0.2, -0.15) is 0 Å². The van der Waals surface area contributed by atoms with Crippen LogP contribution >= 0.6 is 11.6 Å². The second kappa shape index (κ2) is 10.7. The number of carbonyl (C=O) groups is 3. The minimum atomic E-state index is -1.63. The molecule has 8 nitrogen and oxygen atoms in total. The Bertz CT molecular complexity index is 1650. The first-order valence-electron chi connectivity index (χ1n) is 12.7. The monoisotopic (exact) mass is 573 g/mol. The van der Waals surface area contributed by atoms with Gasteiger partial charge in [-0.15, -0.1) is 0 Å². The van der Waals surface area contributed by atoms with Crippen LogP contribution in [0, 0.1) is 0 Å². The first kappa shape index (κ1) is 26.0. The standard InChI is InChI=1S/C30H24ClN3O5S/c31-22-6-3-5-20(17-22)19-34-24-18-21(10-11-27(24)40(38)26-9-2-1-7-23(26)29(34)36)28(35)32-12-14-33(15-13-32)30(37)25-8-4-16-39-25/h1-11,16-18H,12-15,19H2/t40-/m1/s1. The van der Waals surface area contributed by atoms with Gasteiger partial charge in [0.25, 0.3) is 17.7 Å². The van der Waals surface area contributed by atoms with E-state index in [9.17, 15) is 18.6 Å². The Labute approximate surface area is 238 Å². The molecule has 6 rings (SSSR count). The molecule has 2 aliphatic heterocycles. The Kier molecular flexibility index (Phi) is 7.00. The lowest BCUT2D eigenvalue weighted by atomic mass is 10.1. The molecule has 0 unspecified atom stereocenters. The first-order valence-corrected chi connectivity index (χ1v) is 14.3. The van der Waals surface area contributed by atoms with Crippen molar-refractivity contribution in [3.63, 3.8) is 0 Å². The molecule has 1 saturated heterocycles. The fourth-order valence-corrected chi connectivity index (χ4v) is 6.58. The molecular weight excluding hydrogens is 550 g/mol. The largest absolute Gasteiger partial charge is 0.459 e. The summed E-state index contributed by atoms with van der Waals surface area (Å²) >= 11 is 6.22. The zero-order chi connectivity index (χ0) is 27.8. The van der Waals surface area contributed by atoms with Crippen molar-refractivity contribution in [1.29, 1.82) is 0 Å². The molecule has 0 N–H and O–H groups in total. The van der Waals surface area contributed by atoms with Crippen molar-refractivity contribution < 1.29 is 23.0 Å². The normalized spacial score (nSPS) is 16.8. The van der Waals surface area contributed by atoms with Crippen molar-refractivity contribution in [3.05, 3.63) is 113 Å². The van der Waals surface area contributed by atoms with Gasteiger partial charge in [-0.25, -0.2) is 4.21 Å². The highest BCUT2D eigenvalue weighted by Crippen LogP contribution is 2.36. The van der Waals surface area contributed by atoms with Gasteiger partial charge < -0.3 is 19.1 Å². The summed E-state index contributed by atoms with van der Waals surface area (Å²) in [6.45, 7) is 1.63. The van der Waals surface area contributed by atoms with Crippen molar-refractivity contribution in [2.24, 2.45) is 0 Å². The molecule has 0 spiro atoms. The van der Waals surface area contributed by atoms with E-state index < -0.39 is 10.8 Å². The summed E-state index contributed by atoms with van der Waals surface area (Å²) in [4.78, 5) is 45.8. The van der Waals surface area contributed by atoms with E-state index in [1.54, 1.807) is 81.4 Å². The molecule has 1 aromatic heterocycles. The van der Waals surface area contributed by atoms with Crippen LogP contribution in [0.4, 0.5) is 5.69 Å². The number of benzene rings is 3. The van der Waals surface area contributed by atoms with E-state index in [1.807, 2.05) is 12.1 Å². The lowest BCUT2D eigenvalue weighted by Gasteiger charge is -2.34. The van der Waals surface area contributed by atoms with Gasteiger partial charge in [0.1, 0.15) is 0 Å². The number of carbonyl (C=O) groups excluding carboxylic acids is 3. The van der Waals surface area contributed by atoms with Crippen LogP contribution in [0.15, 0.2) is 99.3 Å². The van der Waals surface area contributed by atoms with Crippen molar-refractivity contribution in [2.45, 2.75) is 16.3 Å². The van der Waals surface area contributed by atoms with Gasteiger partial charge in [0, 0.05) is 36.8 Å². The minimum absolute atomic E-state index is 0.184. The second-order valence-electron chi connectivity index (χ2n) is 9.53. The number of halogens is 1. The molecular formula is C30H24ClN3O5S. The topological polar surface area (TPSA) is 91.1 Å². The van der Waals surface area contributed by atoms with Gasteiger partial charge in [-0.3, -0.25) is 14.4 Å². The highest BCUT2D eigenvalue weighted by atomic mass is 35.5. The highest BCUT2D eigenvalue weighted by Gasteiger charge is 2.33. The zero-order valence-electron chi connectivity index (χ0n) is 21.3. The van der Waals surface area contributed by atoms with Crippen LogP contribution in [-0.4, -0.2) is 57.9 Å². The molecule has 3 heterocycles. The number of fused-ring (bicyclic) bond motifs is 2. The van der Waals surface area contributed by atoms with E-state index in [1.165, 1.54) is 6.26 Å². The Balaban J connectivity index is 1.31. The fourth-order valence-electron chi connectivity index (χ4n) is 5.02. The molecule has 4 aromatic rings. The average Bonchev–Trinajstić information content (AvgIpc) is 3.51.